The Morgan fingerprint density at radius 3 is 2.24 bits per heavy atom. The van der Waals surface area contributed by atoms with Gasteiger partial charge in [0.15, 0.2) is 0 Å². The molecule has 0 fully saturated rings. The summed E-state index contributed by atoms with van der Waals surface area (Å²) in [6.45, 7) is 3.92. The second kappa shape index (κ2) is 8.42. The molecule has 0 aliphatic heterocycles. The first kappa shape index (κ1) is 17.2. The molecule has 0 heterocycles. The van der Waals surface area contributed by atoms with Gasteiger partial charge in [-0.15, -0.1) is 0 Å². The molecule has 0 saturated heterocycles. The summed E-state index contributed by atoms with van der Waals surface area (Å²) in [5.74, 6) is 0.124. The van der Waals surface area contributed by atoms with Gasteiger partial charge >= 0.3 is 0 Å². The van der Waals surface area contributed by atoms with Gasteiger partial charge in [-0.05, 0) is 31.7 Å². The summed E-state index contributed by atoms with van der Waals surface area (Å²) < 4.78 is 0. The monoisotopic (exact) mass is 291 g/mol. The average Bonchev–Trinajstić information content (AvgIpc) is 2.49. The molecule has 21 heavy (non-hydrogen) atoms. The van der Waals surface area contributed by atoms with Crippen molar-refractivity contribution in [3.05, 3.63) is 35.4 Å². The molecule has 1 N–H and O–H groups in total. The molecule has 0 aromatic heterocycles. The van der Waals surface area contributed by atoms with Crippen molar-refractivity contribution in [2.45, 2.75) is 19.9 Å². The van der Waals surface area contributed by atoms with Gasteiger partial charge in [0, 0.05) is 45.7 Å². The third-order valence-corrected chi connectivity index (χ3v) is 3.30. The van der Waals surface area contributed by atoms with Crippen LogP contribution in [0.25, 0.3) is 0 Å². The quantitative estimate of drug-likeness (QED) is 0.825. The number of hydrogen-bond donors (Lipinski definition) is 1. The van der Waals surface area contributed by atoms with Crippen LogP contribution in [0.3, 0.4) is 0 Å². The van der Waals surface area contributed by atoms with Crippen LogP contribution in [-0.2, 0) is 11.3 Å². The zero-order valence-electron chi connectivity index (χ0n) is 13.3. The van der Waals surface area contributed by atoms with Crippen molar-refractivity contribution in [2.75, 3.05) is 34.2 Å². The van der Waals surface area contributed by atoms with E-state index in [-0.39, 0.29) is 11.8 Å². The highest BCUT2D eigenvalue weighted by Gasteiger charge is 2.12. The lowest BCUT2D eigenvalue weighted by atomic mass is 10.1. The highest BCUT2D eigenvalue weighted by Crippen LogP contribution is 2.10. The maximum atomic E-state index is 12.0. The fourth-order valence-corrected chi connectivity index (χ4v) is 2.00. The van der Waals surface area contributed by atoms with Gasteiger partial charge in [0.1, 0.15) is 0 Å². The summed E-state index contributed by atoms with van der Waals surface area (Å²) in [6, 6.07) is 7.43. The van der Waals surface area contributed by atoms with Gasteiger partial charge in [0.25, 0.3) is 5.91 Å². The summed E-state index contributed by atoms with van der Waals surface area (Å²) in [5, 5.41) is 2.98. The summed E-state index contributed by atoms with van der Waals surface area (Å²) in [5.41, 5.74) is 1.69. The molecule has 0 unspecified atom stereocenters. The molecule has 0 atom stereocenters. The Bertz CT molecular complexity index is 469. The molecule has 0 aliphatic carbocycles. The molecule has 0 aliphatic rings. The predicted molar refractivity (Wildman–Crippen MR) is 84.1 cm³/mol. The molecular formula is C16H25N3O2. The largest absolute Gasteiger partial charge is 0.345 e. The van der Waals surface area contributed by atoms with E-state index in [0.29, 0.717) is 31.6 Å². The van der Waals surface area contributed by atoms with Gasteiger partial charge in [0.2, 0.25) is 5.91 Å². The van der Waals surface area contributed by atoms with E-state index in [4.69, 9.17) is 0 Å². The molecule has 1 aromatic rings. The zero-order valence-corrected chi connectivity index (χ0v) is 13.3. The molecule has 1 rings (SSSR count). The van der Waals surface area contributed by atoms with Gasteiger partial charge in [0.05, 0.1) is 0 Å². The summed E-state index contributed by atoms with van der Waals surface area (Å²) in [6.07, 6.45) is 0.502. The van der Waals surface area contributed by atoms with Crippen LogP contribution in [0.1, 0.15) is 29.3 Å². The van der Waals surface area contributed by atoms with Crippen LogP contribution in [0.5, 0.6) is 0 Å². The highest BCUT2D eigenvalue weighted by molar-refractivity contribution is 5.93. The minimum atomic E-state index is -0.0148. The second-order valence-corrected chi connectivity index (χ2v) is 5.16. The molecule has 1 aromatic carbocycles. The van der Waals surface area contributed by atoms with E-state index in [1.807, 2.05) is 43.1 Å². The Balaban J connectivity index is 2.69. The Morgan fingerprint density at radius 2 is 1.76 bits per heavy atom. The standard InChI is InChI=1S/C16H25N3O2/c1-5-19(15(20)10-11-17-2)12-13-6-8-14(9-7-13)16(21)18(3)4/h6-9,17H,5,10-12H2,1-4H3. The van der Waals surface area contributed by atoms with Crippen molar-refractivity contribution in [1.29, 1.82) is 0 Å². The van der Waals surface area contributed by atoms with E-state index < -0.39 is 0 Å². The summed E-state index contributed by atoms with van der Waals surface area (Å²) in [4.78, 5) is 27.2. The molecule has 0 bridgehead atoms. The second-order valence-electron chi connectivity index (χ2n) is 5.16. The maximum Gasteiger partial charge on any atom is 0.253 e. The van der Waals surface area contributed by atoms with E-state index in [1.165, 1.54) is 0 Å². The molecule has 5 heteroatoms. The van der Waals surface area contributed by atoms with Crippen LogP contribution in [0.15, 0.2) is 24.3 Å². The number of carbonyl (C=O) groups excluding carboxylic acids is 2. The fourth-order valence-electron chi connectivity index (χ4n) is 2.00. The third kappa shape index (κ3) is 5.19. The first-order chi connectivity index (χ1) is 9.99. The highest BCUT2D eigenvalue weighted by atomic mass is 16.2. The van der Waals surface area contributed by atoms with E-state index in [2.05, 4.69) is 5.32 Å². The first-order valence-electron chi connectivity index (χ1n) is 7.22. The molecule has 5 nitrogen and oxygen atoms in total. The topological polar surface area (TPSA) is 52.7 Å². The van der Waals surface area contributed by atoms with E-state index >= 15 is 0 Å². The van der Waals surface area contributed by atoms with E-state index in [9.17, 15) is 9.59 Å². The summed E-state index contributed by atoms with van der Waals surface area (Å²) in [7, 11) is 5.30. The van der Waals surface area contributed by atoms with Crippen molar-refractivity contribution in [3.63, 3.8) is 0 Å². The minimum Gasteiger partial charge on any atom is -0.345 e. The normalized spacial score (nSPS) is 10.3. The molecule has 2 amide bonds. The predicted octanol–water partition coefficient (Wildman–Crippen LogP) is 1.35. The van der Waals surface area contributed by atoms with Crippen LogP contribution in [0, 0.1) is 0 Å². The lowest BCUT2D eigenvalue weighted by Gasteiger charge is -2.21. The number of benzene rings is 1. The van der Waals surface area contributed by atoms with Crippen molar-refractivity contribution in [3.8, 4) is 0 Å². The Kier molecular flexibility index (Phi) is 6.88. The van der Waals surface area contributed by atoms with Gasteiger partial charge in [-0.3, -0.25) is 9.59 Å². The van der Waals surface area contributed by atoms with Gasteiger partial charge in [-0.2, -0.15) is 0 Å². The number of amides is 2. The van der Waals surface area contributed by atoms with Crippen molar-refractivity contribution < 1.29 is 9.59 Å². The summed E-state index contributed by atoms with van der Waals surface area (Å²) >= 11 is 0. The molecule has 0 radical (unpaired) electrons. The first-order valence-corrected chi connectivity index (χ1v) is 7.22. The number of nitrogens with zero attached hydrogens (tertiary/aromatic N) is 2. The van der Waals surface area contributed by atoms with Gasteiger partial charge in [-0.25, -0.2) is 0 Å². The SMILES string of the molecule is CCN(Cc1ccc(C(=O)N(C)C)cc1)C(=O)CCNC. The molecular weight excluding hydrogens is 266 g/mol. The lowest BCUT2D eigenvalue weighted by molar-refractivity contribution is -0.131. The number of rotatable bonds is 7. The van der Waals surface area contributed by atoms with Gasteiger partial charge in [-0.1, -0.05) is 12.1 Å². The number of hydrogen-bond acceptors (Lipinski definition) is 3. The third-order valence-electron chi connectivity index (χ3n) is 3.30. The Morgan fingerprint density at radius 1 is 1.14 bits per heavy atom. The maximum absolute atomic E-state index is 12.0. The van der Waals surface area contributed by atoms with Crippen molar-refractivity contribution >= 4 is 11.8 Å². The lowest BCUT2D eigenvalue weighted by Crippen LogP contribution is -2.32. The zero-order chi connectivity index (χ0) is 15.8. The molecule has 116 valence electrons. The van der Waals surface area contributed by atoms with Gasteiger partial charge < -0.3 is 15.1 Å². The van der Waals surface area contributed by atoms with Crippen molar-refractivity contribution in [1.82, 2.24) is 15.1 Å². The van der Waals surface area contributed by atoms with Crippen LogP contribution < -0.4 is 5.32 Å². The number of carbonyl (C=O) groups is 2. The minimum absolute atomic E-state index is 0.0148. The van der Waals surface area contributed by atoms with Crippen LogP contribution in [0.2, 0.25) is 0 Å². The fraction of sp³-hybridized carbons (Fsp3) is 0.500. The van der Waals surface area contributed by atoms with E-state index in [1.54, 1.807) is 19.0 Å². The van der Waals surface area contributed by atoms with Crippen LogP contribution in [-0.4, -0.2) is 55.8 Å². The van der Waals surface area contributed by atoms with E-state index in [0.717, 1.165) is 5.56 Å². The Hall–Kier alpha value is -1.88. The van der Waals surface area contributed by atoms with Crippen LogP contribution >= 0.6 is 0 Å². The number of nitrogens with one attached hydrogen (secondary N) is 1. The smallest absolute Gasteiger partial charge is 0.253 e. The average molecular weight is 291 g/mol. The van der Waals surface area contributed by atoms with Crippen LogP contribution in [0.4, 0.5) is 0 Å². The molecule has 0 spiro atoms. The Labute approximate surface area is 126 Å². The van der Waals surface area contributed by atoms with Crippen molar-refractivity contribution in [2.24, 2.45) is 0 Å². The molecule has 0 saturated carbocycles.